The number of hydrogen-bond acceptors (Lipinski definition) is 4. The van der Waals surface area contributed by atoms with Gasteiger partial charge in [-0.05, 0) is 40.5 Å². The van der Waals surface area contributed by atoms with Crippen LogP contribution >= 0.6 is 0 Å². The highest BCUT2D eigenvalue weighted by Crippen LogP contribution is 2.44. The topological polar surface area (TPSA) is 71.5 Å². The third-order valence-corrected chi connectivity index (χ3v) is 4.80. The van der Waals surface area contributed by atoms with Crippen molar-refractivity contribution < 1.29 is 14.6 Å². The van der Waals surface area contributed by atoms with Crippen LogP contribution in [0.5, 0.6) is 5.75 Å². The minimum Gasteiger partial charge on any atom is -0.506 e. The lowest BCUT2D eigenvalue weighted by molar-refractivity contribution is 0.144. The number of aromatic hydroxyl groups is 1. The molecule has 0 fully saturated rings. The maximum Gasteiger partial charge on any atom is 0.407 e. The molecular weight excluding hydrogens is 352 g/mol. The van der Waals surface area contributed by atoms with Crippen LogP contribution in [-0.4, -0.2) is 29.3 Å². The van der Waals surface area contributed by atoms with E-state index in [4.69, 9.17) is 4.74 Å². The quantitative estimate of drug-likeness (QED) is 0.699. The molecule has 1 amide bonds. The van der Waals surface area contributed by atoms with Crippen molar-refractivity contribution in [2.45, 2.75) is 5.92 Å². The number of nitrogens with one attached hydrogen (secondary N) is 1. The molecule has 2 N–H and O–H groups in total. The number of rotatable bonds is 5. The molecule has 4 rings (SSSR count). The zero-order chi connectivity index (χ0) is 19.3. The molecule has 3 aromatic rings. The molecule has 0 bridgehead atoms. The Morgan fingerprint density at radius 3 is 2.39 bits per heavy atom. The van der Waals surface area contributed by atoms with E-state index in [0.29, 0.717) is 5.69 Å². The Morgan fingerprint density at radius 2 is 1.71 bits per heavy atom. The van der Waals surface area contributed by atoms with Crippen molar-refractivity contribution in [2.24, 2.45) is 0 Å². The van der Waals surface area contributed by atoms with E-state index in [9.17, 15) is 9.90 Å². The fourth-order valence-electron chi connectivity index (χ4n) is 3.50. The molecule has 1 aliphatic rings. The number of aromatic nitrogens is 1. The molecule has 0 spiro atoms. The van der Waals surface area contributed by atoms with E-state index in [0.717, 1.165) is 0 Å². The summed E-state index contributed by atoms with van der Waals surface area (Å²) < 4.78 is 5.47. The molecule has 28 heavy (non-hydrogen) atoms. The van der Waals surface area contributed by atoms with Crippen molar-refractivity contribution in [3.05, 3.63) is 89.8 Å². The van der Waals surface area contributed by atoms with Gasteiger partial charge in [-0.15, -0.1) is 0 Å². The molecule has 0 aliphatic heterocycles. The average molecular weight is 372 g/mol. The van der Waals surface area contributed by atoms with Crippen LogP contribution in [0.15, 0.2) is 72.9 Å². The molecule has 0 saturated heterocycles. The van der Waals surface area contributed by atoms with Gasteiger partial charge < -0.3 is 15.2 Å². The van der Waals surface area contributed by atoms with E-state index in [1.165, 1.54) is 22.3 Å². The Bertz CT molecular complexity index is 984. The SMILES string of the molecule is O=C(NCC=Cc1ncccc1O)OCC1c2ccccc2-c2ccccc21. The van der Waals surface area contributed by atoms with E-state index in [1.807, 2.05) is 24.3 Å². The molecule has 2 aromatic carbocycles. The van der Waals surface area contributed by atoms with Crippen molar-refractivity contribution in [3.63, 3.8) is 0 Å². The van der Waals surface area contributed by atoms with Crippen molar-refractivity contribution in [1.82, 2.24) is 10.3 Å². The van der Waals surface area contributed by atoms with Gasteiger partial charge in [0, 0.05) is 18.7 Å². The first-order valence-corrected chi connectivity index (χ1v) is 9.13. The molecule has 5 heteroatoms. The lowest BCUT2D eigenvalue weighted by Crippen LogP contribution is -2.26. The minimum atomic E-state index is -0.475. The number of alkyl carbamates (subject to hydrolysis) is 1. The zero-order valence-corrected chi connectivity index (χ0v) is 15.2. The number of hydrogen-bond donors (Lipinski definition) is 2. The second-order valence-corrected chi connectivity index (χ2v) is 6.52. The van der Waals surface area contributed by atoms with E-state index >= 15 is 0 Å². The lowest BCUT2D eigenvalue weighted by Gasteiger charge is -2.14. The number of pyridine rings is 1. The summed E-state index contributed by atoms with van der Waals surface area (Å²) in [6, 6.07) is 19.7. The third kappa shape index (κ3) is 3.60. The first-order chi connectivity index (χ1) is 13.7. The number of fused-ring (bicyclic) bond motifs is 3. The fourth-order valence-corrected chi connectivity index (χ4v) is 3.50. The number of carbonyl (C=O) groups is 1. The highest BCUT2D eigenvalue weighted by molar-refractivity contribution is 5.79. The van der Waals surface area contributed by atoms with Gasteiger partial charge in [-0.3, -0.25) is 4.98 Å². The second-order valence-electron chi connectivity index (χ2n) is 6.52. The Kier molecular flexibility index (Phi) is 5.06. The number of carbonyl (C=O) groups excluding carboxylic acids is 1. The zero-order valence-electron chi connectivity index (χ0n) is 15.2. The molecular formula is C23H20N2O3. The molecule has 5 nitrogen and oxygen atoms in total. The van der Waals surface area contributed by atoms with Crippen molar-refractivity contribution in [2.75, 3.05) is 13.2 Å². The van der Waals surface area contributed by atoms with Crippen LogP contribution in [0.25, 0.3) is 17.2 Å². The maximum atomic E-state index is 12.1. The number of ether oxygens (including phenoxy) is 1. The standard InChI is InChI=1S/C23H20N2O3/c26-22-12-6-13-24-21(22)11-5-14-25-23(27)28-15-20-18-9-3-1-7-16(18)17-8-2-4-10-19(17)20/h1-13,20,26H,14-15H2,(H,25,27). The van der Waals surface area contributed by atoms with Gasteiger partial charge in [-0.1, -0.05) is 54.6 Å². The molecule has 1 aliphatic carbocycles. The van der Waals surface area contributed by atoms with Crippen LogP contribution in [0.4, 0.5) is 4.79 Å². The van der Waals surface area contributed by atoms with E-state index < -0.39 is 6.09 Å². The van der Waals surface area contributed by atoms with Gasteiger partial charge >= 0.3 is 6.09 Å². The van der Waals surface area contributed by atoms with Crippen molar-refractivity contribution in [3.8, 4) is 16.9 Å². The summed E-state index contributed by atoms with van der Waals surface area (Å²) in [5.41, 5.74) is 5.22. The molecule has 0 radical (unpaired) electrons. The van der Waals surface area contributed by atoms with Crippen LogP contribution in [-0.2, 0) is 4.74 Å². The van der Waals surface area contributed by atoms with Gasteiger partial charge in [0.2, 0.25) is 0 Å². The Morgan fingerprint density at radius 1 is 1.04 bits per heavy atom. The Balaban J connectivity index is 1.35. The summed E-state index contributed by atoms with van der Waals surface area (Å²) in [5.74, 6) is 0.138. The minimum absolute atomic E-state index is 0.0409. The highest BCUT2D eigenvalue weighted by Gasteiger charge is 2.28. The number of benzene rings is 2. The molecule has 0 atom stereocenters. The maximum absolute atomic E-state index is 12.1. The Labute approximate surface area is 163 Å². The molecule has 0 unspecified atom stereocenters. The predicted molar refractivity (Wildman–Crippen MR) is 108 cm³/mol. The number of nitrogens with zero attached hydrogens (tertiary/aromatic N) is 1. The number of amides is 1. The van der Waals surface area contributed by atoms with Gasteiger partial charge in [0.05, 0.1) is 0 Å². The van der Waals surface area contributed by atoms with E-state index in [2.05, 4.69) is 34.6 Å². The van der Waals surface area contributed by atoms with Crippen molar-refractivity contribution in [1.29, 1.82) is 0 Å². The van der Waals surface area contributed by atoms with Gasteiger partial charge in [0.15, 0.2) is 0 Å². The largest absolute Gasteiger partial charge is 0.506 e. The summed E-state index contributed by atoms with van der Waals surface area (Å²) in [5, 5.41) is 12.3. The average Bonchev–Trinajstić information content (AvgIpc) is 3.05. The lowest BCUT2D eigenvalue weighted by atomic mass is 9.98. The van der Waals surface area contributed by atoms with Gasteiger partial charge in [0.25, 0.3) is 0 Å². The third-order valence-electron chi connectivity index (χ3n) is 4.80. The fraction of sp³-hybridized carbons (Fsp3) is 0.130. The summed E-state index contributed by atoms with van der Waals surface area (Å²) >= 11 is 0. The first kappa shape index (κ1) is 17.8. The van der Waals surface area contributed by atoms with Crippen LogP contribution in [0.3, 0.4) is 0 Å². The van der Waals surface area contributed by atoms with Crippen LogP contribution < -0.4 is 5.32 Å². The van der Waals surface area contributed by atoms with Crippen LogP contribution in [0.2, 0.25) is 0 Å². The van der Waals surface area contributed by atoms with Crippen molar-refractivity contribution >= 4 is 12.2 Å². The van der Waals surface area contributed by atoms with Crippen LogP contribution in [0.1, 0.15) is 22.7 Å². The molecule has 1 heterocycles. The van der Waals surface area contributed by atoms with Gasteiger partial charge in [-0.2, -0.15) is 0 Å². The van der Waals surface area contributed by atoms with E-state index in [-0.39, 0.29) is 24.8 Å². The Hall–Kier alpha value is -3.60. The second kappa shape index (κ2) is 7.96. The smallest absolute Gasteiger partial charge is 0.407 e. The summed E-state index contributed by atoms with van der Waals surface area (Å²) in [6.07, 6.45) is 4.48. The summed E-state index contributed by atoms with van der Waals surface area (Å²) in [7, 11) is 0. The molecule has 0 saturated carbocycles. The van der Waals surface area contributed by atoms with Crippen LogP contribution in [0, 0.1) is 0 Å². The van der Waals surface area contributed by atoms with Gasteiger partial charge in [0.1, 0.15) is 18.1 Å². The normalized spacial score (nSPS) is 12.6. The van der Waals surface area contributed by atoms with Gasteiger partial charge in [-0.25, -0.2) is 4.79 Å². The summed E-state index contributed by atoms with van der Waals surface area (Å²) in [6.45, 7) is 0.567. The van der Waals surface area contributed by atoms with E-state index in [1.54, 1.807) is 30.5 Å². The highest BCUT2D eigenvalue weighted by atomic mass is 16.5. The molecule has 1 aromatic heterocycles. The monoisotopic (exact) mass is 372 g/mol. The first-order valence-electron chi connectivity index (χ1n) is 9.13. The summed E-state index contributed by atoms with van der Waals surface area (Å²) in [4.78, 5) is 16.1. The predicted octanol–water partition coefficient (Wildman–Crippen LogP) is 4.34. The molecule has 140 valence electrons.